The number of carbonyl (C=O) groups excluding carboxylic acids is 1. The smallest absolute Gasteiger partial charge is 0.211 e. The number of benzene rings is 1. The van der Waals surface area contributed by atoms with Crippen molar-refractivity contribution in [3.63, 3.8) is 0 Å². The molecule has 5 nitrogen and oxygen atoms in total. The normalized spacial score (nSPS) is 10.0. The summed E-state index contributed by atoms with van der Waals surface area (Å²) < 4.78 is 7.00. The van der Waals surface area contributed by atoms with E-state index in [2.05, 4.69) is 10.4 Å². The molecule has 17 heavy (non-hydrogen) atoms. The van der Waals surface area contributed by atoms with E-state index in [1.54, 1.807) is 24.1 Å². The van der Waals surface area contributed by atoms with Crippen molar-refractivity contribution >= 4 is 12.1 Å². The average Bonchev–Trinajstić information content (AvgIpc) is 2.76. The number of aromatic nitrogens is 2. The van der Waals surface area contributed by atoms with E-state index in [1.165, 1.54) is 0 Å². The number of rotatable bonds is 4. The molecule has 0 atom stereocenters. The summed E-state index contributed by atoms with van der Waals surface area (Å²) in [5, 5.41) is 6.70. The molecule has 2 aromatic rings. The Morgan fingerprint density at radius 2 is 2.24 bits per heavy atom. The fourth-order valence-corrected chi connectivity index (χ4v) is 1.69. The van der Waals surface area contributed by atoms with Crippen LogP contribution in [0, 0.1) is 0 Å². The van der Waals surface area contributed by atoms with E-state index in [4.69, 9.17) is 4.74 Å². The van der Waals surface area contributed by atoms with Gasteiger partial charge in [-0.1, -0.05) is 6.07 Å². The molecule has 1 heterocycles. The molecule has 0 radical (unpaired) electrons. The maximum absolute atomic E-state index is 10.4. The molecule has 5 heteroatoms. The maximum Gasteiger partial charge on any atom is 0.211 e. The van der Waals surface area contributed by atoms with Crippen molar-refractivity contribution in [2.75, 3.05) is 12.4 Å². The topological polar surface area (TPSA) is 56.1 Å². The van der Waals surface area contributed by atoms with Gasteiger partial charge in [0, 0.05) is 18.8 Å². The molecule has 0 fully saturated rings. The van der Waals surface area contributed by atoms with E-state index in [1.807, 2.05) is 25.2 Å². The van der Waals surface area contributed by atoms with Gasteiger partial charge in [0.05, 0.1) is 18.5 Å². The molecule has 0 aliphatic heterocycles. The highest BCUT2D eigenvalue weighted by Crippen LogP contribution is 2.29. The third-order valence-electron chi connectivity index (χ3n) is 2.53. The second-order valence-corrected chi connectivity index (χ2v) is 3.52. The SMILES string of the molecule is COc1cc(-c2ccnn2C)ccc1NC=O. The zero-order valence-electron chi connectivity index (χ0n) is 9.68. The molecule has 1 N–H and O–H groups in total. The van der Waals surface area contributed by atoms with E-state index in [9.17, 15) is 4.79 Å². The molecule has 0 spiro atoms. The third kappa shape index (κ3) is 2.13. The molecule has 0 saturated heterocycles. The van der Waals surface area contributed by atoms with Crippen LogP contribution in [-0.4, -0.2) is 23.3 Å². The summed E-state index contributed by atoms with van der Waals surface area (Å²) in [6.07, 6.45) is 2.36. The first-order chi connectivity index (χ1) is 8.26. The highest BCUT2D eigenvalue weighted by Gasteiger charge is 2.07. The lowest BCUT2D eigenvalue weighted by molar-refractivity contribution is -0.105. The quantitative estimate of drug-likeness (QED) is 0.814. The largest absolute Gasteiger partial charge is 0.495 e. The molecule has 0 aliphatic carbocycles. The van der Waals surface area contributed by atoms with Gasteiger partial charge in [-0.15, -0.1) is 0 Å². The Kier molecular flexibility index (Phi) is 3.09. The maximum atomic E-state index is 10.4. The van der Waals surface area contributed by atoms with E-state index in [-0.39, 0.29) is 0 Å². The predicted molar refractivity (Wildman–Crippen MR) is 64.9 cm³/mol. The molecule has 88 valence electrons. The first kappa shape index (κ1) is 11.2. The lowest BCUT2D eigenvalue weighted by Gasteiger charge is -2.09. The molecule has 0 bridgehead atoms. The van der Waals surface area contributed by atoms with E-state index < -0.39 is 0 Å². The van der Waals surface area contributed by atoms with Gasteiger partial charge in [0.25, 0.3) is 0 Å². The fourth-order valence-electron chi connectivity index (χ4n) is 1.69. The zero-order chi connectivity index (χ0) is 12.3. The summed E-state index contributed by atoms with van der Waals surface area (Å²) in [5.41, 5.74) is 2.62. The summed E-state index contributed by atoms with van der Waals surface area (Å²) in [5.74, 6) is 0.621. The van der Waals surface area contributed by atoms with Crippen LogP contribution in [0.2, 0.25) is 0 Å². The number of amides is 1. The number of nitrogens with zero attached hydrogens (tertiary/aromatic N) is 2. The molecule has 1 aromatic carbocycles. The van der Waals surface area contributed by atoms with Gasteiger partial charge < -0.3 is 10.1 Å². The summed E-state index contributed by atoms with van der Waals surface area (Å²) in [7, 11) is 3.44. The fraction of sp³-hybridized carbons (Fsp3) is 0.167. The Labute approximate surface area is 99.0 Å². The van der Waals surface area contributed by atoms with Crippen LogP contribution < -0.4 is 10.1 Å². The molecule has 0 aliphatic rings. The number of carbonyl (C=O) groups is 1. The minimum Gasteiger partial charge on any atom is -0.495 e. The number of hydrogen-bond acceptors (Lipinski definition) is 3. The van der Waals surface area contributed by atoms with Gasteiger partial charge in [-0.05, 0) is 18.2 Å². The highest BCUT2D eigenvalue weighted by atomic mass is 16.5. The summed E-state index contributed by atoms with van der Waals surface area (Å²) >= 11 is 0. The van der Waals surface area contributed by atoms with Crippen molar-refractivity contribution in [3.05, 3.63) is 30.5 Å². The van der Waals surface area contributed by atoms with Gasteiger partial charge in [0.2, 0.25) is 6.41 Å². The first-order valence-corrected chi connectivity index (χ1v) is 5.13. The average molecular weight is 231 g/mol. The van der Waals surface area contributed by atoms with Crippen molar-refractivity contribution in [1.29, 1.82) is 0 Å². The summed E-state index contributed by atoms with van der Waals surface area (Å²) in [6.45, 7) is 0. The molecule has 1 aromatic heterocycles. The Morgan fingerprint density at radius 1 is 1.41 bits per heavy atom. The molecular formula is C12H13N3O2. The minimum atomic E-state index is 0.621. The number of aryl methyl sites for hydroxylation is 1. The van der Waals surface area contributed by atoms with Crippen LogP contribution in [0.3, 0.4) is 0 Å². The lowest BCUT2D eigenvalue weighted by Crippen LogP contribution is -1.98. The Balaban J connectivity index is 2.44. The Bertz CT molecular complexity index is 534. The lowest BCUT2D eigenvalue weighted by atomic mass is 10.1. The van der Waals surface area contributed by atoms with Gasteiger partial charge in [0.1, 0.15) is 5.75 Å². The van der Waals surface area contributed by atoms with Gasteiger partial charge in [-0.3, -0.25) is 9.48 Å². The number of nitrogens with one attached hydrogen (secondary N) is 1. The Hall–Kier alpha value is -2.30. The Morgan fingerprint density at radius 3 is 2.82 bits per heavy atom. The summed E-state index contributed by atoms with van der Waals surface area (Å²) in [6, 6.07) is 7.49. The van der Waals surface area contributed by atoms with Crippen molar-refractivity contribution in [2.45, 2.75) is 0 Å². The van der Waals surface area contributed by atoms with Gasteiger partial charge in [0.15, 0.2) is 0 Å². The van der Waals surface area contributed by atoms with Crippen molar-refractivity contribution in [2.24, 2.45) is 7.05 Å². The van der Waals surface area contributed by atoms with Gasteiger partial charge in [-0.2, -0.15) is 5.10 Å². The molecule has 1 amide bonds. The van der Waals surface area contributed by atoms with Crippen LogP contribution in [0.5, 0.6) is 5.75 Å². The zero-order valence-corrected chi connectivity index (χ0v) is 9.68. The third-order valence-corrected chi connectivity index (χ3v) is 2.53. The number of methoxy groups -OCH3 is 1. The van der Waals surface area contributed by atoms with E-state index in [0.29, 0.717) is 17.8 Å². The predicted octanol–water partition coefficient (Wildman–Crippen LogP) is 1.66. The van der Waals surface area contributed by atoms with Crippen molar-refractivity contribution in [3.8, 4) is 17.0 Å². The molecule has 0 saturated carbocycles. The second-order valence-electron chi connectivity index (χ2n) is 3.52. The summed E-state index contributed by atoms with van der Waals surface area (Å²) in [4.78, 5) is 10.4. The van der Waals surface area contributed by atoms with Crippen LogP contribution >= 0.6 is 0 Å². The molecular weight excluding hydrogens is 218 g/mol. The standard InChI is InChI=1S/C12H13N3O2/c1-15-11(5-6-14-15)9-3-4-10(13-8-16)12(7-9)17-2/h3-8H,1-2H3,(H,13,16). The minimum absolute atomic E-state index is 0.621. The van der Waals surface area contributed by atoms with Crippen LogP contribution in [0.4, 0.5) is 5.69 Å². The van der Waals surface area contributed by atoms with E-state index >= 15 is 0 Å². The van der Waals surface area contributed by atoms with Crippen molar-refractivity contribution < 1.29 is 9.53 Å². The van der Waals surface area contributed by atoms with Crippen LogP contribution in [0.25, 0.3) is 11.3 Å². The number of hydrogen-bond donors (Lipinski definition) is 1. The number of ether oxygens (including phenoxy) is 1. The second kappa shape index (κ2) is 4.69. The highest BCUT2D eigenvalue weighted by molar-refractivity contribution is 5.78. The van der Waals surface area contributed by atoms with Crippen LogP contribution in [0.15, 0.2) is 30.5 Å². The monoisotopic (exact) mass is 231 g/mol. The van der Waals surface area contributed by atoms with E-state index in [0.717, 1.165) is 11.3 Å². The van der Waals surface area contributed by atoms with Gasteiger partial charge in [-0.25, -0.2) is 0 Å². The number of anilines is 1. The van der Waals surface area contributed by atoms with Crippen LogP contribution in [-0.2, 0) is 11.8 Å². The van der Waals surface area contributed by atoms with Crippen molar-refractivity contribution in [1.82, 2.24) is 9.78 Å². The first-order valence-electron chi connectivity index (χ1n) is 5.13. The molecule has 0 unspecified atom stereocenters. The molecule has 2 rings (SSSR count). The van der Waals surface area contributed by atoms with Gasteiger partial charge >= 0.3 is 0 Å². The van der Waals surface area contributed by atoms with Crippen LogP contribution in [0.1, 0.15) is 0 Å².